The number of carbonyl (C=O) groups is 1. The average molecular weight is 311 g/mol. The van der Waals surface area contributed by atoms with E-state index in [1.54, 1.807) is 4.90 Å². The zero-order valence-electron chi connectivity index (χ0n) is 12.9. The van der Waals surface area contributed by atoms with Gasteiger partial charge in [-0.25, -0.2) is 4.79 Å². The van der Waals surface area contributed by atoms with Crippen molar-refractivity contribution in [3.05, 3.63) is 29.3 Å². The number of anilines is 1. The first-order valence-corrected chi connectivity index (χ1v) is 7.71. The van der Waals surface area contributed by atoms with Gasteiger partial charge in [-0.2, -0.15) is 0 Å². The fourth-order valence-electron chi connectivity index (χ4n) is 2.34. The van der Waals surface area contributed by atoms with E-state index in [0.29, 0.717) is 6.54 Å². The molecule has 1 aromatic rings. The topological polar surface area (TPSA) is 32.8 Å². The zero-order chi connectivity index (χ0) is 15.5. The van der Waals surface area contributed by atoms with E-state index in [9.17, 15) is 4.79 Å². The highest BCUT2D eigenvalue weighted by molar-refractivity contribution is 6.30. The lowest BCUT2D eigenvalue weighted by molar-refractivity contribution is 0.0263. The lowest BCUT2D eigenvalue weighted by Gasteiger charge is -2.27. The zero-order valence-corrected chi connectivity index (χ0v) is 13.7. The summed E-state index contributed by atoms with van der Waals surface area (Å²) < 4.78 is 5.44. The van der Waals surface area contributed by atoms with Crippen LogP contribution in [0.4, 0.5) is 10.5 Å². The van der Waals surface area contributed by atoms with Gasteiger partial charge in [0.2, 0.25) is 0 Å². The molecule has 0 aliphatic carbocycles. The average Bonchev–Trinajstić information content (AvgIpc) is 2.63. The van der Waals surface area contributed by atoms with Crippen LogP contribution in [0.2, 0.25) is 5.02 Å². The van der Waals surface area contributed by atoms with E-state index in [4.69, 9.17) is 16.3 Å². The minimum absolute atomic E-state index is 0.222. The van der Waals surface area contributed by atoms with Gasteiger partial charge in [-0.1, -0.05) is 11.6 Å². The summed E-state index contributed by atoms with van der Waals surface area (Å²) in [6.07, 6.45) is 0.711. The summed E-state index contributed by atoms with van der Waals surface area (Å²) in [7, 11) is 0. The van der Waals surface area contributed by atoms with E-state index in [1.165, 1.54) is 0 Å². The van der Waals surface area contributed by atoms with Crippen LogP contribution in [0.5, 0.6) is 0 Å². The Kier molecular flexibility index (Phi) is 4.99. The fraction of sp³-hybridized carbons (Fsp3) is 0.562. The molecular formula is C16H23ClN2O2. The van der Waals surface area contributed by atoms with Crippen molar-refractivity contribution in [3.8, 4) is 0 Å². The Bertz CT molecular complexity index is 482. The van der Waals surface area contributed by atoms with Crippen molar-refractivity contribution in [1.82, 2.24) is 4.90 Å². The second-order valence-electron chi connectivity index (χ2n) is 6.28. The predicted molar refractivity (Wildman–Crippen MR) is 86.1 cm³/mol. The maximum atomic E-state index is 12.1. The molecule has 1 aliphatic rings. The van der Waals surface area contributed by atoms with Gasteiger partial charge in [0.05, 0.1) is 0 Å². The number of halogens is 1. The highest BCUT2D eigenvalue weighted by Crippen LogP contribution is 2.20. The van der Waals surface area contributed by atoms with Crippen LogP contribution >= 0.6 is 11.6 Å². The normalized spacial score (nSPS) is 16.6. The molecule has 2 rings (SSSR count). The standard InChI is InChI=1S/C16H23ClN2O2/c1-16(2,3)21-15(20)19-10-4-9-18(11-12-19)14-7-5-13(17)6-8-14/h5-8H,4,9-12H2,1-3H3. The maximum absolute atomic E-state index is 12.1. The molecule has 1 amide bonds. The Labute approximate surface area is 131 Å². The van der Waals surface area contributed by atoms with Crippen LogP contribution in [-0.2, 0) is 4.74 Å². The highest BCUT2D eigenvalue weighted by atomic mass is 35.5. The molecule has 1 saturated heterocycles. The molecule has 0 unspecified atom stereocenters. The Hall–Kier alpha value is -1.42. The predicted octanol–water partition coefficient (Wildman–Crippen LogP) is 3.79. The van der Waals surface area contributed by atoms with E-state index >= 15 is 0 Å². The number of ether oxygens (including phenoxy) is 1. The van der Waals surface area contributed by atoms with E-state index in [2.05, 4.69) is 4.90 Å². The first-order chi connectivity index (χ1) is 9.85. The summed E-state index contributed by atoms with van der Waals surface area (Å²) in [6.45, 7) is 8.83. The second-order valence-corrected chi connectivity index (χ2v) is 6.72. The number of hydrogen-bond acceptors (Lipinski definition) is 3. The number of rotatable bonds is 1. The number of carbonyl (C=O) groups excluding carboxylic acids is 1. The third-order valence-corrected chi connectivity index (χ3v) is 3.59. The molecule has 0 aromatic heterocycles. The number of hydrogen-bond donors (Lipinski definition) is 0. The summed E-state index contributed by atoms with van der Waals surface area (Å²) in [5.74, 6) is 0. The lowest BCUT2D eigenvalue weighted by atomic mass is 10.2. The molecule has 4 nitrogen and oxygen atoms in total. The monoisotopic (exact) mass is 310 g/mol. The van der Waals surface area contributed by atoms with Gasteiger partial charge in [0.25, 0.3) is 0 Å². The van der Waals surface area contributed by atoms with Gasteiger partial charge in [-0.05, 0) is 51.5 Å². The molecule has 0 radical (unpaired) electrons. The van der Waals surface area contributed by atoms with Gasteiger partial charge >= 0.3 is 6.09 Å². The van der Waals surface area contributed by atoms with Crippen molar-refractivity contribution < 1.29 is 9.53 Å². The molecule has 5 heteroatoms. The molecule has 0 atom stereocenters. The molecule has 0 N–H and O–H groups in total. The number of amides is 1. The van der Waals surface area contributed by atoms with Crippen molar-refractivity contribution in [3.63, 3.8) is 0 Å². The van der Waals surface area contributed by atoms with Crippen LogP contribution in [-0.4, -0.2) is 42.8 Å². The van der Waals surface area contributed by atoms with Crippen molar-refractivity contribution in [2.75, 3.05) is 31.1 Å². The number of nitrogens with zero attached hydrogens (tertiary/aromatic N) is 2. The number of benzene rings is 1. The van der Waals surface area contributed by atoms with Crippen LogP contribution < -0.4 is 4.90 Å². The Morgan fingerprint density at radius 3 is 2.38 bits per heavy atom. The van der Waals surface area contributed by atoms with Gasteiger partial charge in [-0.15, -0.1) is 0 Å². The summed E-state index contributed by atoms with van der Waals surface area (Å²) >= 11 is 5.92. The largest absolute Gasteiger partial charge is 0.444 e. The van der Waals surface area contributed by atoms with Gasteiger partial charge in [0.1, 0.15) is 5.60 Å². The first-order valence-electron chi connectivity index (χ1n) is 7.33. The Morgan fingerprint density at radius 2 is 1.76 bits per heavy atom. The van der Waals surface area contributed by atoms with Crippen LogP contribution in [0.25, 0.3) is 0 Å². The molecule has 1 heterocycles. The molecule has 21 heavy (non-hydrogen) atoms. The molecule has 1 aromatic carbocycles. The third kappa shape index (κ3) is 4.81. The Balaban J connectivity index is 1.95. The fourth-order valence-corrected chi connectivity index (χ4v) is 2.46. The van der Waals surface area contributed by atoms with E-state index in [-0.39, 0.29) is 6.09 Å². The summed E-state index contributed by atoms with van der Waals surface area (Å²) in [6, 6.07) is 7.83. The van der Waals surface area contributed by atoms with E-state index < -0.39 is 5.60 Å². The van der Waals surface area contributed by atoms with E-state index in [1.807, 2.05) is 45.0 Å². The van der Waals surface area contributed by atoms with Gasteiger partial charge < -0.3 is 14.5 Å². The maximum Gasteiger partial charge on any atom is 0.410 e. The van der Waals surface area contributed by atoms with Gasteiger partial charge in [0.15, 0.2) is 0 Å². The highest BCUT2D eigenvalue weighted by Gasteiger charge is 2.24. The molecule has 0 saturated carbocycles. The smallest absolute Gasteiger partial charge is 0.410 e. The van der Waals surface area contributed by atoms with Crippen molar-refractivity contribution >= 4 is 23.4 Å². The quantitative estimate of drug-likeness (QED) is 0.791. The molecule has 1 fully saturated rings. The van der Waals surface area contributed by atoms with Crippen molar-refractivity contribution in [1.29, 1.82) is 0 Å². The summed E-state index contributed by atoms with van der Waals surface area (Å²) in [5.41, 5.74) is 0.699. The third-order valence-electron chi connectivity index (χ3n) is 3.34. The van der Waals surface area contributed by atoms with Crippen molar-refractivity contribution in [2.45, 2.75) is 32.8 Å². The second kappa shape index (κ2) is 6.56. The van der Waals surface area contributed by atoms with Crippen LogP contribution in [0, 0.1) is 0 Å². The van der Waals surface area contributed by atoms with Gasteiger partial charge in [0, 0.05) is 36.9 Å². The van der Waals surface area contributed by atoms with Crippen LogP contribution in [0.3, 0.4) is 0 Å². The van der Waals surface area contributed by atoms with Crippen LogP contribution in [0.15, 0.2) is 24.3 Å². The molecule has 116 valence electrons. The minimum atomic E-state index is -0.445. The summed E-state index contributed by atoms with van der Waals surface area (Å²) in [5, 5.41) is 0.740. The minimum Gasteiger partial charge on any atom is -0.444 e. The van der Waals surface area contributed by atoms with Crippen LogP contribution in [0.1, 0.15) is 27.2 Å². The van der Waals surface area contributed by atoms with Gasteiger partial charge in [-0.3, -0.25) is 0 Å². The SMILES string of the molecule is CC(C)(C)OC(=O)N1CCCN(c2ccc(Cl)cc2)CC1. The molecule has 1 aliphatic heterocycles. The Morgan fingerprint density at radius 1 is 1.10 bits per heavy atom. The molecule has 0 bridgehead atoms. The van der Waals surface area contributed by atoms with E-state index in [0.717, 1.165) is 36.8 Å². The molecular weight excluding hydrogens is 288 g/mol. The lowest BCUT2D eigenvalue weighted by Crippen LogP contribution is -2.39. The summed E-state index contributed by atoms with van der Waals surface area (Å²) in [4.78, 5) is 16.2. The van der Waals surface area contributed by atoms with Crippen molar-refractivity contribution in [2.24, 2.45) is 0 Å². The molecule has 0 spiro atoms. The first kappa shape index (κ1) is 16.0.